The zero-order valence-corrected chi connectivity index (χ0v) is 29.1. The number of thiophene rings is 2. The number of hydrogen-bond acceptors (Lipinski definition) is 5. The summed E-state index contributed by atoms with van der Waals surface area (Å²) in [6.45, 7) is 2.71. The molecule has 0 unspecified atom stereocenters. The number of aromatic nitrogens is 2. The molecule has 0 bridgehead atoms. The number of nitrogens with zero attached hydrogens (tertiary/aromatic N) is 2. The molecule has 0 saturated heterocycles. The molecular weight excluding hydrogens is 747 g/mol. The van der Waals surface area contributed by atoms with Gasteiger partial charge >= 0.3 is 23.7 Å². The molecule has 0 spiro atoms. The Morgan fingerprint density at radius 2 is 0.824 bits per heavy atom. The minimum absolute atomic E-state index is 0.0429. The normalized spacial score (nSPS) is 13.0. The molecule has 51 heavy (non-hydrogen) atoms. The second-order valence-electron chi connectivity index (χ2n) is 11.9. The highest BCUT2D eigenvalue weighted by Gasteiger charge is 2.57. The lowest BCUT2D eigenvalue weighted by Gasteiger charge is -2.26. The van der Waals surface area contributed by atoms with Gasteiger partial charge in [0.15, 0.2) is 0 Å². The van der Waals surface area contributed by atoms with Gasteiger partial charge in [-0.1, -0.05) is 63.1 Å². The summed E-state index contributed by atoms with van der Waals surface area (Å²) in [5.41, 5.74) is -0.0934. The molecule has 6 aromatic rings. The minimum atomic E-state index is -4.55. The molecule has 0 aliphatic heterocycles. The molecule has 0 radical (unpaired) electrons. The summed E-state index contributed by atoms with van der Waals surface area (Å²) in [5.74, 6) is -19.9. The average Bonchev–Trinajstić information content (AvgIpc) is 3.86. The van der Waals surface area contributed by atoms with Crippen molar-refractivity contribution in [1.29, 1.82) is 0 Å². The van der Waals surface area contributed by atoms with Crippen LogP contribution >= 0.6 is 34.4 Å². The Balaban J connectivity index is 1.28. The van der Waals surface area contributed by atoms with Crippen LogP contribution in [0.2, 0.25) is 0 Å². The molecule has 268 valence electrons. The highest BCUT2D eigenvalue weighted by atomic mass is 32.1. The van der Waals surface area contributed by atoms with Gasteiger partial charge in [-0.3, -0.25) is 0 Å². The van der Waals surface area contributed by atoms with E-state index in [1.807, 2.05) is 0 Å². The Hall–Kier alpha value is -3.82. The standard InChI is InChI=1S/C36H26F10N2S3/c1-3-15-33(39,40)35(43,44)19-5-7-21(25(37)17-19)27-11-13-29(49-27)23-9-10-24(32-31(23)47-51-48-32)30-14-12-28(50-30)22-8-6-20(18-26(22)38)36(45,46)34(41,42)16-4-2/h5-14,17-18H,3-4,15-16H2,1-2H3. The van der Waals surface area contributed by atoms with Crippen LogP contribution in [0.25, 0.3) is 52.8 Å². The van der Waals surface area contributed by atoms with Gasteiger partial charge in [0.25, 0.3) is 0 Å². The van der Waals surface area contributed by atoms with Crippen LogP contribution in [0.4, 0.5) is 43.9 Å². The maximum Gasteiger partial charge on any atom is 0.335 e. The van der Waals surface area contributed by atoms with Crippen LogP contribution in [-0.4, -0.2) is 20.6 Å². The third kappa shape index (κ3) is 6.56. The predicted molar refractivity (Wildman–Crippen MR) is 182 cm³/mol. The molecule has 0 aliphatic carbocycles. The molecule has 2 nitrogen and oxygen atoms in total. The van der Waals surface area contributed by atoms with Crippen molar-refractivity contribution < 1.29 is 43.9 Å². The SMILES string of the molecule is CCCC(F)(F)C(F)(F)c1ccc(-c2ccc(-c3ccc(-c4ccc(-c5ccc(C(F)(F)C(F)(F)CCC)cc5F)s4)c4nsnc34)s2)c(F)c1. The molecule has 3 aromatic carbocycles. The van der Waals surface area contributed by atoms with E-state index in [0.29, 0.717) is 53.8 Å². The third-order valence-corrected chi connectivity index (χ3v) is 11.2. The molecule has 0 saturated carbocycles. The maximum absolute atomic E-state index is 15.1. The van der Waals surface area contributed by atoms with Crippen LogP contribution in [0.15, 0.2) is 72.8 Å². The third-order valence-electron chi connectivity index (χ3n) is 8.40. The number of rotatable bonds is 12. The Morgan fingerprint density at radius 1 is 0.490 bits per heavy atom. The van der Waals surface area contributed by atoms with Gasteiger partial charge in [-0.2, -0.15) is 43.9 Å². The summed E-state index contributed by atoms with van der Waals surface area (Å²) in [4.78, 5) is 1.99. The van der Waals surface area contributed by atoms with Gasteiger partial charge < -0.3 is 0 Å². The van der Waals surface area contributed by atoms with E-state index in [0.717, 1.165) is 58.7 Å². The van der Waals surface area contributed by atoms with E-state index in [2.05, 4.69) is 8.75 Å². The minimum Gasteiger partial charge on any atom is -0.206 e. The van der Waals surface area contributed by atoms with Gasteiger partial charge in [0.1, 0.15) is 22.7 Å². The molecule has 6 rings (SSSR count). The topological polar surface area (TPSA) is 25.8 Å². The number of alkyl halides is 8. The smallest absolute Gasteiger partial charge is 0.206 e. The van der Waals surface area contributed by atoms with E-state index >= 15 is 8.78 Å². The van der Waals surface area contributed by atoms with Gasteiger partial charge in [0.2, 0.25) is 0 Å². The van der Waals surface area contributed by atoms with Crippen molar-refractivity contribution in [3.63, 3.8) is 0 Å². The van der Waals surface area contributed by atoms with Crippen LogP contribution in [0, 0.1) is 11.6 Å². The summed E-state index contributed by atoms with van der Waals surface area (Å²) in [6.07, 6.45) is -2.45. The van der Waals surface area contributed by atoms with E-state index < -0.39 is 59.3 Å². The van der Waals surface area contributed by atoms with Crippen LogP contribution < -0.4 is 0 Å². The largest absolute Gasteiger partial charge is 0.335 e. The van der Waals surface area contributed by atoms with Crippen LogP contribution in [-0.2, 0) is 11.8 Å². The van der Waals surface area contributed by atoms with Crippen molar-refractivity contribution >= 4 is 45.4 Å². The molecule has 0 fully saturated rings. The fraction of sp³-hybridized carbons (Fsp3) is 0.278. The molecule has 0 aliphatic rings. The monoisotopic (exact) mass is 772 g/mol. The summed E-state index contributed by atoms with van der Waals surface area (Å²) in [7, 11) is 0. The van der Waals surface area contributed by atoms with Crippen LogP contribution in [0.1, 0.15) is 50.7 Å². The first-order valence-corrected chi connectivity index (χ1v) is 18.0. The quantitative estimate of drug-likeness (QED) is 0.116. The molecule has 3 heterocycles. The first-order valence-electron chi connectivity index (χ1n) is 15.6. The lowest BCUT2D eigenvalue weighted by Crippen LogP contribution is -2.37. The Bertz CT molecular complexity index is 2050. The highest BCUT2D eigenvalue weighted by Crippen LogP contribution is 2.49. The zero-order valence-electron chi connectivity index (χ0n) is 26.7. The first kappa shape index (κ1) is 37.0. The maximum atomic E-state index is 15.1. The van der Waals surface area contributed by atoms with E-state index in [9.17, 15) is 35.1 Å². The number of benzene rings is 3. The van der Waals surface area contributed by atoms with Crippen molar-refractivity contribution in [3.8, 4) is 41.8 Å². The molecule has 15 heteroatoms. The van der Waals surface area contributed by atoms with Gasteiger partial charge in [-0.15, -0.1) is 22.7 Å². The zero-order chi connectivity index (χ0) is 36.9. The second kappa shape index (κ2) is 13.6. The van der Waals surface area contributed by atoms with Crippen LogP contribution in [0.3, 0.4) is 0 Å². The summed E-state index contributed by atoms with van der Waals surface area (Å²) in [6, 6.07) is 14.6. The van der Waals surface area contributed by atoms with Gasteiger partial charge in [0, 0.05) is 65.7 Å². The first-order chi connectivity index (χ1) is 24.0. The molecule has 0 atom stereocenters. The van der Waals surface area contributed by atoms with Crippen molar-refractivity contribution in [2.75, 3.05) is 0 Å². The van der Waals surface area contributed by atoms with Crippen molar-refractivity contribution in [3.05, 3.63) is 95.6 Å². The molecular formula is C36H26F10N2S3. The van der Waals surface area contributed by atoms with E-state index in [4.69, 9.17) is 0 Å². The molecule has 0 amide bonds. The Kier molecular flexibility index (Phi) is 9.87. The Labute approximate surface area is 297 Å². The summed E-state index contributed by atoms with van der Waals surface area (Å²) in [5, 5.41) is 0. The van der Waals surface area contributed by atoms with Crippen molar-refractivity contribution in [2.24, 2.45) is 0 Å². The van der Waals surface area contributed by atoms with E-state index in [1.165, 1.54) is 13.8 Å². The van der Waals surface area contributed by atoms with Gasteiger partial charge in [-0.05, 0) is 36.4 Å². The Morgan fingerprint density at radius 3 is 1.16 bits per heavy atom. The summed E-state index contributed by atoms with van der Waals surface area (Å²) >= 11 is 3.19. The van der Waals surface area contributed by atoms with E-state index in [-0.39, 0.29) is 24.0 Å². The highest BCUT2D eigenvalue weighted by molar-refractivity contribution is 7.19. The van der Waals surface area contributed by atoms with E-state index in [1.54, 1.807) is 36.4 Å². The molecule has 0 N–H and O–H groups in total. The van der Waals surface area contributed by atoms with Gasteiger partial charge in [-0.25, -0.2) is 8.78 Å². The number of halogens is 10. The van der Waals surface area contributed by atoms with Crippen molar-refractivity contribution in [1.82, 2.24) is 8.75 Å². The van der Waals surface area contributed by atoms with Crippen molar-refractivity contribution in [2.45, 2.75) is 63.2 Å². The molecule has 3 aromatic heterocycles. The average molecular weight is 773 g/mol. The van der Waals surface area contributed by atoms with Crippen LogP contribution in [0.5, 0.6) is 0 Å². The van der Waals surface area contributed by atoms with Gasteiger partial charge in [0.05, 0.1) is 11.7 Å². The lowest BCUT2D eigenvalue weighted by atomic mass is 9.97. The lowest BCUT2D eigenvalue weighted by molar-refractivity contribution is -0.219. The number of fused-ring (bicyclic) bond motifs is 1. The summed E-state index contributed by atoms with van der Waals surface area (Å²) < 4.78 is 154. The fourth-order valence-corrected chi connectivity index (χ4v) is 8.40. The fourth-order valence-electron chi connectivity index (χ4n) is 5.70. The predicted octanol–water partition coefficient (Wildman–Crippen LogP) is 13.8. The second-order valence-corrected chi connectivity index (χ2v) is 14.6. The number of hydrogen-bond donors (Lipinski definition) is 0.